The SMILES string of the molecule is C=COc1ccc2c(OC=C)cccc2c1. The van der Waals surface area contributed by atoms with E-state index in [9.17, 15) is 0 Å². The van der Waals surface area contributed by atoms with E-state index in [2.05, 4.69) is 13.2 Å². The summed E-state index contributed by atoms with van der Waals surface area (Å²) in [6, 6.07) is 11.6. The van der Waals surface area contributed by atoms with Gasteiger partial charge in [0, 0.05) is 5.39 Å². The summed E-state index contributed by atoms with van der Waals surface area (Å²) in [5.74, 6) is 1.55. The van der Waals surface area contributed by atoms with E-state index in [1.807, 2.05) is 36.4 Å². The molecule has 0 saturated carbocycles. The topological polar surface area (TPSA) is 18.5 Å². The molecule has 2 aromatic rings. The molecule has 0 saturated heterocycles. The summed E-state index contributed by atoms with van der Waals surface area (Å²) in [6.07, 6.45) is 2.83. The number of rotatable bonds is 4. The van der Waals surface area contributed by atoms with Crippen molar-refractivity contribution in [2.24, 2.45) is 0 Å². The van der Waals surface area contributed by atoms with Gasteiger partial charge < -0.3 is 9.47 Å². The van der Waals surface area contributed by atoms with Crippen LogP contribution in [0.3, 0.4) is 0 Å². The second-order valence-electron chi connectivity index (χ2n) is 3.21. The standard InChI is InChI=1S/C14H12O2/c1-3-15-12-8-9-13-11(10-12)6-5-7-14(13)16-4-2/h3-10H,1-2H2. The van der Waals surface area contributed by atoms with Gasteiger partial charge >= 0.3 is 0 Å². The van der Waals surface area contributed by atoms with Crippen LogP contribution in [0, 0.1) is 0 Å². The second kappa shape index (κ2) is 4.53. The van der Waals surface area contributed by atoms with Gasteiger partial charge in [-0.15, -0.1) is 0 Å². The van der Waals surface area contributed by atoms with Crippen LogP contribution in [0.15, 0.2) is 62.1 Å². The molecule has 0 heterocycles. The summed E-state index contributed by atoms with van der Waals surface area (Å²) in [7, 11) is 0. The zero-order valence-electron chi connectivity index (χ0n) is 8.85. The summed E-state index contributed by atoms with van der Waals surface area (Å²) < 4.78 is 10.5. The zero-order valence-corrected chi connectivity index (χ0v) is 8.85. The first-order valence-corrected chi connectivity index (χ1v) is 4.93. The zero-order chi connectivity index (χ0) is 11.4. The van der Waals surface area contributed by atoms with Crippen molar-refractivity contribution in [3.63, 3.8) is 0 Å². The van der Waals surface area contributed by atoms with Gasteiger partial charge in [0.1, 0.15) is 11.5 Å². The van der Waals surface area contributed by atoms with Crippen LogP contribution in [0.5, 0.6) is 11.5 Å². The van der Waals surface area contributed by atoms with Crippen LogP contribution in [0.4, 0.5) is 0 Å². The van der Waals surface area contributed by atoms with Gasteiger partial charge in [-0.2, -0.15) is 0 Å². The van der Waals surface area contributed by atoms with Gasteiger partial charge in [-0.1, -0.05) is 25.3 Å². The van der Waals surface area contributed by atoms with Crippen molar-refractivity contribution in [1.29, 1.82) is 0 Å². The molecule has 0 aliphatic rings. The molecule has 0 bridgehead atoms. The van der Waals surface area contributed by atoms with Crippen LogP contribution in [0.25, 0.3) is 10.8 Å². The van der Waals surface area contributed by atoms with Gasteiger partial charge in [0.15, 0.2) is 0 Å². The fraction of sp³-hybridized carbons (Fsp3) is 0. The van der Waals surface area contributed by atoms with Crippen LogP contribution >= 0.6 is 0 Å². The quantitative estimate of drug-likeness (QED) is 0.716. The van der Waals surface area contributed by atoms with Crippen molar-refractivity contribution in [2.75, 3.05) is 0 Å². The summed E-state index contributed by atoms with van der Waals surface area (Å²) in [6.45, 7) is 7.07. The third kappa shape index (κ3) is 1.91. The maximum atomic E-state index is 5.32. The molecule has 2 aromatic carbocycles. The van der Waals surface area contributed by atoms with E-state index in [1.54, 1.807) is 0 Å². The number of fused-ring (bicyclic) bond motifs is 1. The van der Waals surface area contributed by atoms with Crippen molar-refractivity contribution >= 4 is 10.8 Å². The third-order valence-electron chi connectivity index (χ3n) is 2.24. The first kappa shape index (κ1) is 10.3. The Morgan fingerprint density at radius 2 is 1.75 bits per heavy atom. The minimum atomic E-state index is 0.762. The molecule has 2 nitrogen and oxygen atoms in total. The van der Waals surface area contributed by atoms with E-state index in [-0.39, 0.29) is 0 Å². The highest BCUT2D eigenvalue weighted by molar-refractivity contribution is 5.89. The van der Waals surface area contributed by atoms with E-state index >= 15 is 0 Å². The average Bonchev–Trinajstić information content (AvgIpc) is 2.30. The average molecular weight is 212 g/mol. The molecule has 0 fully saturated rings. The minimum Gasteiger partial charge on any atom is -0.466 e. The summed E-state index contributed by atoms with van der Waals surface area (Å²) >= 11 is 0. The molecule has 0 radical (unpaired) electrons. The molecule has 2 heteroatoms. The predicted molar refractivity (Wildman–Crippen MR) is 65.6 cm³/mol. The lowest BCUT2D eigenvalue weighted by Gasteiger charge is -2.06. The number of hydrogen-bond donors (Lipinski definition) is 0. The lowest BCUT2D eigenvalue weighted by molar-refractivity contribution is 0.483. The Kier molecular flexibility index (Phi) is 2.92. The molecule has 0 aliphatic carbocycles. The first-order valence-electron chi connectivity index (χ1n) is 4.93. The molecule has 0 aromatic heterocycles. The van der Waals surface area contributed by atoms with E-state index in [4.69, 9.17) is 9.47 Å². The number of benzene rings is 2. The number of ether oxygens (including phenoxy) is 2. The Bertz CT molecular complexity index is 529. The molecule has 80 valence electrons. The summed E-state index contributed by atoms with van der Waals surface area (Å²) in [4.78, 5) is 0. The molecule has 0 aliphatic heterocycles. The van der Waals surface area contributed by atoms with Crippen molar-refractivity contribution in [3.8, 4) is 11.5 Å². The van der Waals surface area contributed by atoms with Crippen LogP contribution < -0.4 is 9.47 Å². The van der Waals surface area contributed by atoms with Gasteiger partial charge in [-0.05, 0) is 29.7 Å². The van der Waals surface area contributed by atoms with Crippen LogP contribution in [-0.4, -0.2) is 0 Å². The van der Waals surface area contributed by atoms with E-state index in [0.717, 1.165) is 22.3 Å². The molecule has 0 N–H and O–H groups in total. The molecule has 0 atom stereocenters. The van der Waals surface area contributed by atoms with Gasteiger partial charge in [0.2, 0.25) is 0 Å². The Morgan fingerprint density at radius 3 is 2.50 bits per heavy atom. The fourth-order valence-electron chi connectivity index (χ4n) is 1.59. The first-order chi connectivity index (χ1) is 7.85. The fourth-order valence-corrected chi connectivity index (χ4v) is 1.59. The van der Waals surface area contributed by atoms with Crippen molar-refractivity contribution in [2.45, 2.75) is 0 Å². The predicted octanol–water partition coefficient (Wildman–Crippen LogP) is 3.88. The Labute approximate surface area is 94.4 Å². The summed E-state index contributed by atoms with van der Waals surface area (Å²) in [5.41, 5.74) is 0. The molecule has 2 rings (SSSR count). The van der Waals surface area contributed by atoms with Crippen LogP contribution in [0.2, 0.25) is 0 Å². The van der Waals surface area contributed by atoms with Gasteiger partial charge in [-0.3, -0.25) is 0 Å². The smallest absolute Gasteiger partial charge is 0.134 e. The van der Waals surface area contributed by atoms with Crippen molar-refractivity contribution in [3.05, 3.63) is 62.1 Å². The lowest BCUT2D eigenvalue weighted by Crippen LogP contribution is -1.85. The largest absolute Gasteiger partial charge is 0.466 e. The Hall–Kier alpha value is -2.22. The normalized spacial score (nSPS) is 9.75. The van der Waals surface area contributed by atoms with Crippen LogP contribution in [-0.2, 0) is 0 Å². The van der Waals surface area contributed by atoms with E-state index in [1.165, 1.54) is 12.5 Å². The van der Waals surface area contributed by atoms with E-state index in [0.29, 0.717) is 0 Å². The van der Waals surface area contributed by atoms with Crippen LogP contribution in [0.1, 0.15) is 0 Å². The Balaban J connectivity index is 2.54. The molecule has 0 amide bonds. The molecular formula is C14H12O2. The maximum absolute atomic E-state index is 5.32. The molecule has 0 spiro atoms. The van der Waals surface area contributed by atoms with Crippen molar-refractivity contribution < 1.29 is 9.47 Å². The monoisotopic (exact) mass is 212 g/mol. The Morgan fingerprint density at radius 1 is 0.938 bits per heavy atom. The second-order valence-corrected chi connectivity index (χ2v) is 3.21. The molecular weight excluding hydrogens is 200 g/mol. The maximum Gasteiger partial charge on any atom is 0.134 e. The third-order valence-corrected chi connectivity index (χ3v) is 2.24. The molecule has 16 heavy (non-hydrogen) atoms. The van der Waals surface area contributed by atoms with Crippen molar-refractivity contribution in [1.82, 2.24) is 0 Å². The van der Waals surface area contributed by atoms with Gasteiger partial charge in [-0.25, -0.2) is 0 Å². The lowest BCUT2D eigenvalue weighted by atomic mass is 10.1. The molecule has 0 unspecified atom stereocenters. The van der Waals surface area contributed by atoms with E-state index < -0.39 is 0 Å². The number of hydrogen-bond acceptors (Lipinski definition) is 2. The minimum absolute atomic E-state index is 0.762. The van der Waals surface area contributed by atoms with Gasteiger partial charge in [0.05, 0.1) is 12.5 Å². The highest BCUT2D eigenvalue weighted by atomic mass is 16.5. The highest BCUT2D eigenvalue weighted by Crippen LogP contribution is 2.28. The highest BCUT2D eigenvalue weighted by Gasteiger charge is 2.02. The summed E-state index contributed by atoms with van der Waals surface area (Å²) in [5, 5.41) is 2.08. The van der Waals surface area contributed by atoms with Gasteiger partial charge in [0.25, 0.3) is 0 Å².